The van der Waals surface area contributed by atoms with Crippen LogP contribution in [0.4, 0.5) is 5.69 Å². The number of anilines is 1. The van der Waals surface area contributed by atoms with Crippen molar-refractivity contribution < 1.29 is 9.90 Å². The molecule has 1 aromatic carbocycles. The summed E-state index contributed by atoms with van der Waals surface area (Å²) in [5.74, 6) is -0.287. The third kappa shape index (κ3) is 2.73. The Morgan fingerprint density at radius 1 is 1.29 bits per heavy atom. The summed E-state index contributed by atoms with van der Waals surface area (Å²) >= 11 is 0. The van der Waals surface area contributed by atoms with E-state index in [0.717, 1.165) is 24.1 Å². The number of hydrogen-bond acceptors (Lipinski definition) is 4. The van der Waals surface area contributed by atoms with Crippen LogP contribution >= 0.6 is 0 Å². The maximum absolute atomic E-state index is 12.7. The molecule has 3 rings (SSSR count). The second-order valence-corrected chi connectivity index (χ2v) is 5.17. The summed E-state index contributed by atoms with van der Waals surface area (Å²) < 4.78 is 0. The van der Waals surface area contributed by atoms with E-state index in [4.69, 9.17) is 5.73 Å². The number of nitrogens with zero attached hydrogens (tertiary/aromatic N) is 2. The standard InChI is InChI=1S/C16H17N3O2/c17-9-11-1-3-12(4-2-11)19(13-5-6-13)16(21)14-7-8-18-10-15(14)20/h1-4,7-8,10,13,20H,5-6,9,17H2. The third-order valence-electron chi connectivity index (χ3n) is 3.61. The Balaban J connectivity index is 1.94. The minimum Gasteiger partial charge on any atom is -0.505 e. The molecule has 0 unspecified atom stereocenters. The quantitative estimate of drug-likeness (QED) is 0.900. The number of carbonyl (C=O) groups excluding carboxylic acids is 1. The van der Waals surface area contributed by atoms with Gasteiger partial charge in [0.2, 0.25) is 0 Å². The van der Waals surface area contributed by atoms with Gasteiger partial charge >= 0.3 is 0 Å². The van der Waals surface area contributed by atoms with Crippen LogP contribution in [0.1, 0.15) is 28.8 Å². The number of benzene rings is 1. The number of aromatic hydroxyl groups is 1. The van der Waals surface area contributed by atoms with E-state index < -0.39 is 0 Å². The van der Waals surface area contributed by atoms with Gasteiger partial charge in [-0.1, -0.05) is 12.1 Å². The fraction of sp³-hybridized carbons (Fsp3) is 0.250. The van der Waals surface area contributed by atoms with E-state index in [-0.39, 0.29) is 23.3 Å². The van der Waals surface area contributed by atoms with E-state index in [9.17, 15) is 9.90 Å². The van der Waals surface area contributed by atoms with Gasteiger partial charge in [0, 0.05) is 24.5 Å². The summed E-state index contributed by atoms with van der Waals surface area (Å²) in [7, 11) is 0. The minimum atomic E-state index is -0.196. The number of aromatic nitrogens is 1. The first-order valence-electron chi connectivity index (χ1n) is 6.96. The van der Waals surface area contributed by atoms with Gasteiger partial charge in [-0.25, -0.2) is 0 Å². The number of pyridine rings is 1. The molecule has 1 aliphatic carbocycles. The number of carbonyl (C=O) groups is 1. The normalized spacial score (nSPS) is 14.0. The zero-order chi connectivity index (χ0) is 14.8. The summed E-state index contributed by atoms with van der Waals surface area (Å²) in [5.41, 5.74) is 7.73. The van der Waals surface area contributed by atoms with Crippen molar-refractivity contribution in [3.05, 3.63) is 53.9 Å². The van der Waals surface area contributed by atoms with Crippen LogP contribution in [0, 0.1) is 0 Å². The van der Waals surface area contributed by atoms with Gasteiger partial charge in [0.25, 0.3) is 5.91 Å². The summed E-state index contributed by atoms with van der Waals surface area (Å²) in [5, 5.41) is 9.83. The molecule has 0 atom stereocenters. The van der Waals surface area contributed by atoms with Crippen LogP contribution in [0.2, 0.25) is 0 Å². The molecule has 5 heteroatoms. The minimum absolute atomic E-state index is 0.0910. The summed E-state index contributed by atoms with van der Waals surface area (Å²) in [6.07, 6.45) is 4.76. The Bertz CT molecular complexity index is 651. The van der Waals surface area contributed by atoms with Crippen molar-refractivity contribution in [2.45, 2.75) is 25.4 Å². The molecule has 0 saturated heterocycles. The maximum atomic E-state index is 12.7. The highest BCUT2D eigenvalue weighted by atomic mass is 16.3. The van der Waals surface area contributed by atoms with Gasteiger partial charge < -0.3 is 15.7 Å². The van der Waals surface area contributed by atoms with Gasteiger partial charge in [-0.3, -0.25) is 9.78 Å². The molecular formula is C16H17N3O2. The monoisotopic (exact) mass is 283 g/mol. The maximum Gasteiger partial charge on any atom is 0.262 e. The molecule has 5 nitrogen and oxygen atoms in total. The average Bonchev–Trinajstić information content (AvgIpc) is 3.33. The van der Waals surface area contributed by atoms with E-state index >= 15 is 0 Å². The highest BCUT2D eigenvalue weighted by Gasteiger charge is 2.35. The number of amides is 1. The highest BCUT2D eigenvalue weighted by molar-refractivity contribution is 6.08. The topological polar surface area (TPSA) is 79.5 Å². The lowest BCUT2D eigenvalue weighted by molar-refractivity contribution is 0.0982. The van der Waals surface area contributed by atoms with Crippen molar-refractivity contribution in [1.82, 2.24) is 4.98 Å². The van der Waals surface area contributed by atoms with E-state index in [1.54, 1.807) is 11.0 Å². The summed E-state index contributed by atoms with van der Waals surface area (Å²) in [6, 6.07) is 9.39. The summed E-state index contributed by atoms with van der Waals surface area (Å²) in [4.78, 5) is 18.3. The first-order chi connectivity index (χ1) is 10.2. The van der Waals surface area contributed by atoms with Crippen molar-refractivity contribution in [2.24, 2.45) is 5.73 Å². The molecule has 1 fully saturated rings. The van der Waals surface area contributed by atoms with Crippen molar-refractivity contribution >= 4 is 11.6 Å². The predicted molar refractivity (Wildman–Crippen MR) is 80.1 cm³/mol. The molecule has 2 aromatic rings. The van der Waals surface area contributed by atoms with Crippen molar-refractivity contribution in [1.29, 1.82) is 0 Å². The molecule has 21 heavy (non-hydrogen) atoms. The van der Waals surface area contributed by atoms with E-state index in [0.29, 0.717) is 6.54 Å². The van der Waals surface area contributed by atoms with E-state index in [1.807, 2.05) is 24.3 Å². The zero-order valence-corrected chi connectivity index (χ0v) is 11.6. The van der Waals surface area contributed by atoms with Crippen molar-refractivity contribution in [3.63, 3.8) is 0 Å². The van der Waals surface area contributed by atoms with Gasteiger partial charge in [-0.15, -0.1) is 0 Å². The Morgan fingerprint density at radius 2 is 2.00 bits per heavy atom. The number of hydrogen-bond donors (Lipinski definition) is 2. The molecule has 1 aromatic heterocycles. The highest BCUT2D eigenvalue weighted by Crippen LogP contribution is 2.34. The Labute approximate surface area is 123 Å². The third-order valence-corrected chi connectivity index (χ3v) is 3.61. The smallest absolute Gasteiger partial charge is 0.262 e. The van der Waals surface area contributed by atoms with Crippen LogP contribution in [0.15, 0.2) is 42.7 Å². The van der Waals surface area contributed by atoms with E-state index in [2.05, 4.69) is 4.98 Å². The van der Waals surface area contributed by atoms with Crippen LogP contribution in [0.25, 0.3) is 0 Å². The molecule has 1 amide bonds. The van der Waals surface area contributed by atoms with E-state index in [1.165, 1.54) is 12.4 Å². The van der Waals surface area contributed by atoms with Crippen LogP contribution in [0.3, 0.4) is 0 Å². The van der Waals surface area contributed by atoms with Crippen LogP contribution in [-0.2, 0) is 6.54 Å². The van der Waals surface area contributed by atoms with Gasteiger partial charge in [-0.2, -0.15) is 0 Å². The fourth-order valence-corrected chi connectivity index (χ4v) is 2.32. The van der Waals surface area contributed by atoms with Gasteiger partial charge in [-0.05, 0) is 36.6 Å². The molecule has 108 valence electrons. The molecule has 0 aliphatic heterocycles. The van der Waals surface area contributed by atoms with Gasteiger partial charge in [0.1, 0.15) is 5.75 Å². The van der Waals surface area contributed by atoms with Gasteiger partial charge in [0.15, 0.2) is 0 Å². The molecule has 0 spiro atoms. The SMILES string of the molecule is NCc1ccc(N(C(=O)c2ccncc2O)C2CC2)cc1. The summed E-state index contributed by atoms with van der Waals surface area (Å²) in [6.45, 7) is 0.475. The second-order valence-electron chi connectivity index (χ2n) is 5.17. The molecule has 0 radical (unpaired) electrons. The number of rotatable bonds is 4. The Hall–Kier alpha value is -2.40. The molecule has 1 heterocycles. The zero-order valence-electron chi connectivity index (χ0n) is 11.6. The number of nitrogens with two attached hydrogens (primary N) is 1. The van der Waals surface area contributed by atoms with Crippen molar-refractivity contribution in [3.8, 4) is 5.75 Å². The largest absolute Gasteiger partial charge is 0.505 e. The molecule has 3 N–H and O–H groups in total. The lowest BCUT2D eigenvalue weighted by atomic mass is 10.1. The molecule has 1 aliphatic rings. The molecular weight excluding hydrogens is 266 g/mol. The Kier molecular flexibility index (Phi) is 3.58. The van der Waals surface area contributed by atoms with Crippen LogP contribution in [0.5, 0.6) is 5.75 Å². The second kappa shape index (κ2) is 5.54. The van der Waals surface area contributed by atoms with Crippen LogP contribution in [-0.4, -0.2) is 22.0 Å². The molecule has 0 bridgehead atoms. The Morgan fingerprint density at radius 3 is 2.57 bits per heavy atom. The van der Waals surface area contributed by atoms with Crippen molar-refractivity contribution in [2.75, 3.05) is 4.90 Å². The fourth-order valence-electron chi connectivity index (χ4n) is 2.32. The predicted octanol–water partition coefficient (Wildman–Crippen LogP) is 2.06. The van der Waals surface area contributed by atoms with Gasteiger partial charge in [0.05, 0.1) is 11.8 Å². The molecule has 1 saturated carbocycles. The first kappa shape index (κ1) is 13.6. The lowest BCUT2D eigenvalue weighted by Crippen LogP contribution is -2.33. The first-order valence-corrected chi connectivity index (χ1v) is 6.96. The average molecular weight is 283 g/mol. The van der Waals surface area contributed by atoms with Crippen LogP contribution < -0.4 is 10.6 Å². The lowest BCUT2D eigenvalue weighted by Gasteiger charge is -2.23.